The maximum atomic E-state index is 13.1. The fourth-order valence-corrected chi connectivity index (χ4v) is 9.06. The normalized spacial score (nSPS) is 20.0. The largest absolute Gasteiger partial charge is 0.351 e. The first kappa shape index (κ1) is 21.3. The second-order valence-electron chi connectivity index (χ2n) is 7.61. The number of piperidine rings is 1. The van der Waals surface area contributed by atoms with Crippen molar-refractivity contribution in [1.29, 1.82) is 0 Å². The van der Waals surface area contributed by atoms with Gasteiger partial charge in [-0.15, -0.1) is 0 Å². The van der Waals surface area contributed by atoms with Gasteiger partial charge >= 0.3 is 0 Å². The van der Waals surface area contributed by atoms with Crippen LogP contribution in [-0.2, 0) is 13.7 Å². The van der Waals surface area contributed by atoms with Gasteiger partial charge in [-0.25, -0.2) is 8.42 Å². The van der Waals surface area contributed by atoms with Crippen molar-refractivity contribution in [2.45, 2.75) is 57.9 Å². The predicted molar refractivity (Wildman–Crippen MR) is 110 cm³/mol. The van der Waals surface area contributed by atoms with Gasteiger partial charge in [0, 0.05) is 24.5 Å². The fraction of sp³-hybridized carbons (Fsp3) is 0.632. The third-order valence-electron chi connectivity index (χ3n) is 4.98. The molecule has 1 aromatic carbocycles. The van der Waals surface area contributed by atoms with Crippen LogP contribution < -0.4 is 5.32 Å². The minimum absolute atomic E-state index is 0.0421. The van der Waals surface area contributed by atoms with Gasteiger partial charge in [0.05, 0.1) is 4.90 Å². The Kier molecular flexibility index (Phi) is 6.80. The van der Waals surface area contributed by atoms with Gasteiger partial charge in [0.15, 0.2) is 0 Å². The van der Waals surface area contributed by atoms with Gasteiger partial charge in [0.2, 0.25) is 14.8 Å². The summed E-state index contributed by atoms with van der Waals surface area (Å²) < 4.78 is 28.4. The summed E-state index contributed by atoms with van der Waals surface area (Å²) in [6, 6.07) is 7.13. The van der Waals surface area contributed by atoms with Gasteiger partial charge in [0.25, 0.3) is 0 Å². The van der Waals surface area contributed by atoms with Crippen LogP contribution in [0.25, 0.3) is 0 Å². The van der Waals surface area contributed by atoms with Crippen molar-refractivity contribution in [2.75, 3.05) is 18.8 Å². The minimum atomic E-state index is -3.34. The molecule has 7 heteroatoms. The number of hydrogen-bond acceptors (Lipinski definition) is 4. The summed E-state index contributed by atoms with van der Waals surface area (Å²) in [5.41, 5.74) is 0.805. The van der Waals surface area contributed by atoms with E-state index in [9.17, 15) is 13.2 Å². The Bertz CT molecular complexity index is 722. The van der Waals surface area contributed by atoms with E-state index in [4.69, 9.17) is 0 Å². The van der Waals surface area contributed by atoms with Gasteiger partial charge < -0.3 is 5.32 Å². The highest BCUT2D eigenvalue weighted by atomic mass is 33.2. The molecular weight excluding hydrogens is 368 g/mol. The smallest absolute Gasteiger partial charge is 0.222 e. The Balaban J connectivity index is 2.10. The molecule has 0 aliphatic carbocycles. The summed E-state index contributed by atoms with van der Waals surface area (Å²) >= 11 is 0. The zero-order valence-corrected chi connectivity index (χ0v) is 18.2. The highest BCUT2D eigenvalue weighted by Crippen LogP contribution is 2.44. The summed E-state index contributed by atoms with van der Waals surface area (Å²) in [6.07, 6.45) is 1.54. The third-order valence-corrected chi connectivity index (χ3v) is 11.7. The number of amides is 1. The lowest BCUT2D eigenvalue weighted by Crippen LogP contribution is -2.53. The Hall–Kier alpha value is -1.05. The molecule has 0 spiro atoms. The van der Waals surface area contributed by atoms with Crippen LogP contribution in [0.2, 0.25) is 0 Å². The molecule has 0 aromatic heterocycles. The number of thiol groups is 1. The van der Waals surface area contributed by atoms with Crippen LogP contribution >= 0.6 is 10.1 Å². The van der Waals surface area contributed by atoms with Gasteiger partial charge in [-0.2, -0.15) is 0 Å². The number of rotatable bonds is 6. The molecule has 1 atom stereocenters. The molecule has 1 aliphatic rings. The van der Waals surface area contributed by atoms with Gasteiger partial charge in [-0.05, 0) is 44.6 Å². The second kappa shape index (κ2) is 8.31. The molecule has 148 valence electrons. The van der Waals surface area contributed by atoms with Crippen LogP contribution in [-0.4, -0.2) is 43.0 Å². The SMILES string of the molecule is CC[SH](N1CCC(C)(NC(=O)C(C)C)CC1)S(=O)(=O)c1ccc(C)cc1. The molecule has 2 rings (SSSR count). The van der Waals surface area contributed by atoms with E-state index < -0.39 is 19.0 Å². The average molecular weight is 401 g/mol. The summed E-state index contributed by atoms with van der Waals surface area (Å²) in [5.74, 6) is 0.631. The number of nitrogens with zero attached hydrogens (tertiary/aromatic N) is 1. The molecule has 1 N–H and O–H groups in total. The highest BCUT2D eigenvalue weighted by Gasteiger charge is 2.36. The van der Waals surface area contributed by atoms with Crippen LogP contribution in [0.3, 0.4) is 0 Å². The molecule has 1 saturated heterocycles. The molecule has 1 fully saturated rings. The number of hydrogen-bond donors (Lipinski definition) is 2. The standard InChI is InChI=1S/C19H32N2O3S2/c1-6-25(26(23,24)17-9-7-16(4)8-10-17)21-13-11-19(5,12-14-21)20-18(22)15(2)3/h7-10,15,25H,6,11-14H2,1-5H3,(H,20,22). The highest BCUT2D eigenvalue weighted by molar-refractivity contribution is 8.80. The lowest BCUT2D eigenvalue weighted by molar-refractivity contribution is -0.126. The lowest BCUT2D eigenvalue weighted by atomic mass is 9.90. The van der Waals surface area contributed by atoms with E-state index >= 15 is 0 Å². The van der Waals surface area contributed by atoms with E-state index in [2.05, 4.69) is 16.5 Å². The first-order valence-corrected chi connectivity index (χ1v) is 12.8. The first-order chi connectivity index (χ1) is 12.1. The first-order valence-electron chi connectivity index (χ1n) is 9.25. The quantitative estimate of drug-likeness (QED) is 0.568. The van der Waals surface area contributed by atoms with Gasteiger partial charge in [-0.3, -0.25) is 9.10 Å². The molecular formula is C19H32N2O3S2. The van der Waals surface area contributed by atoms with Crippen molar-refractivity contribution in [3.05, 3.63) is 29.8 Å². The molecule has 26 heavy (non-hydrogen) atoms. The van der Waals surface area contributed by atoms with Crippen molar-refractivity contribution >= 4 is 24.9 Å². The Morgan fingerprint density at radius 2 is 1.77 bits per heavy atom. The van der Waals surface area contributed by atoms with E-state index in [0.29, 0.717) is 23.7 Å². The minimum Gasteiger partial charge on any atom is -0.351 e. The maximum absolute atomic E-state index is 13.1. The molecule has 0 radical (unpaired) electrons. The van der Waals surface area contributed by atoms with E-state index in [1.807, 2.05) is 39.8 Å². The maximum Gasteiger partial charge on any atom is 0.222 e. The van der Waals surface area contributed by atoms with Crippen molar-refractivity contribution < 1.29 is 13.2 Å². The molecule has 1 aromatic rings. The van der Waals surface area contributed by atoms with Crippen LogP contribution in [0.4, 0.5) is 0 Å². The van der Waals surface area contributed by atoms with Gasteiger partial charge in [0.1, 0.15) is 0 Å². The van der Waals surface area contributed by atoms with Crippen molar-refractivity contribution in [3.8, 4) is 0 Å². The van der Waals surface area contributed by atoms with Crippen LogP contribution in [0, 0.1) is 12.8 Å². The molecule has 1 amide bonds. The topological polar surface area (TPSA) is 66.5 Å². The number of carbonyl (C=O) groups excluding carboxylic acids is 1. The summed E-state index contributed by atoms with van der Waals surface area (Å²) in [5, 5.41) is 3.14. The molecule has 0 saturated carbocycles. The zero-order valence-electron chi connectivity index (χ0n) is 16.4. The summed E-state index contributed by atoms with van der Waals surface area (Å²) in [7, 11) is -4.63. The summed E-state index contributed by atoms with van der Waals surface area (Å²) in [4.78, 5) is 12.5. The van der Waals surface area contributed by atoms with Gasteiger partial charge in [-0.1, -0.05) is 48.6 Å². The van der Waals surface area contributed by atoms with Crippen LogP contribution in [0.5, 0.6) is 0 Å². The van der Waals surface area contributed by atoms with E-state index in [-0.39, 0.29) is 17.4 Å². The third kappa shape index (κ3) is 4.81. The number of nitrogens with one attached hydrogen (secondary N) is 1. The Labute approximate surface area is 160 Å². The van der Waals surface area contributed by atoms with E-state index in [1.54, 1.807) is 12.1 Å². The van der Waals surface area contributed by atoms with Crippen molar-refractivity contribution in [2.24, 2.45) is 5.92 Å². The monoisotopic (exact) mass is 400 g/mol. The second-order valence-corrected chi connectivity index (χ2v) is 13.6. The fourth-order valence-electron chi connectivity index (χ4n) is 3.13. The van der Waals surface area contributed by atoms with E-state index in [1.165, 1.54) is 0 Å². The predicted octanol–water partition coefficient (Wildman–Crippen LogP) is 3.25. The number of carbonyl (C=O) groups is 1. The molecule has 1 unspecified atom stereocenters. The summed E-state index contributed by atoms with van der Waals surface area (Å²) in [6.45, 7) is 11.1. The molecule has 0 bridgehead atoms. The van der Waals surface area contributed by atoms with Crippen LogP contribution in [0.1, 0.15) is 46.1 Å². The molecule has 1 aliphatic heterocycles. The number of aryl methyl sites for hydroxylation is 1. The number of benzene rings is 1. The van der Waals surface area contributed by atoms with Crippen molar-refractivity contribution in [3.63, 3.8) is 0 Å². The zero-order chi connectivity index (χ0) is 19.5. The Morgan fingerprint density at radius 3 is 2.23 bits per heavy atom. The van der Waals surface area contributed by atoms with E-state index in [0.717, 1.165) is 18.4 Å². The van der Waals surface area contributed by atoms with Crippen LogP contribution in [0.15, 0.2) is 29.2 Å². The van der Waals surface area contributed by atoms with Crippen molar-refractivity contribution in [1.82, 2.24) is 9.62 Å². The Morgan fingerprint density at radius 1 is 1.23 bits per heavy atom. The molecule has 5 nitrogen and oxygen atoms in total. The molecule has 1 heterocycles. The average Bonchev–Trinajstić information content (AvgIpc) is 2.57. The lowest BCUT2D eigenvalue weighted by Gasteiger charge is -2.44.